The predicted molar refractivity (Wildman–Crippen MR) is 120 cm³/mol. The molecule has 3 nitrogen and oxygen atoms in total. The van der Waals surface area contributed by atoms with Crippen LogP contribution in [0.4, 0.5) is 5.69 Å². The number of rotatable bonds is 4. The van der Waals surface area contributed by atoms with Crippen molar-refractivity contribution in [3.8, 4) is 11.5 Å². The summed E-state index contributed by atoms with van der Waals surface area (Å²) in [5.41, 5.74) is 2.71. The topological polar surface area (TPSA) is 41.8 Å². The summed E-state index contributed by atoms with van der Waals surface area (Å²) in [4.78, 5) is 4.50. The van der Waals surface area contributed by atoms with Gasteiger partial charge in [0.25, 0.3) is 0 Å². The van der Waals surface area contributed by atoms with Crippen LogP contribution in [0, 0.1) is 5.92 Å². The van der Waals surface area contributed by atoms with E-state index in [0.717, 1.165) is 41.3 Å². The standard InChI is InChI=1S/C23H29NO2.2ClH.Ti/c1-17-6-3-8-18(9-4-7-17)22-11-5-10-19(23(22)25)16-24-20-12-14-21(26-2)15-13-20;;;/h5,10-18,25H,3-4,6-9H2,1-2H3;2*1H;/q;;;+2/p-2. The number of phenols is 1. The van der Waals surface area contributed by atoms with Crippen LogP contribution in [0.3, 0.4) is 0 Å². The SMILES string of the molecule is COc1ccc(N=Cc2cccc(C3CCCC(C)CCC3)c2O)cc1.[Cl][Ti][Cl]. The van der Waals surface area contributed by atoms with Crippen molar-refractivity contribution >= 4 is 30.5 Å². The molecule has 156 valence electrons. The molecule has 2 aromatic carbocycles. The maximum atomic E-state index is 10.8. The summed E-state index contributed by atoms with van der Waals surface area (Å²) in [7, 11) is 11.4. The average molecular weight is 470 g/mol. The molecule has 0 heterocycles. The molecule has 0 aliphatic heterocycles. The van der Waals surface area contributed by atoms with Crippen molar-refractivity contribution in [3.63, 3.8) is 0 Å². The van der Waals surface area contributed by atoms with Crippen molar-refractivity contribution in [2.45, 2.75) is 51.4 Å². The van der Waals surface area contributed by atoms with Gasteiger partial charge in [-0.25, -0.2) is 0 Å². The fourth-order valence-electron chi connectivity index (χ4n) is 3.85. The van der Waals surface area contributed by atoms with Crippen LogP contribution in [0.5, 0.6) is 11.5 Å². The Hall–Kier alpha value is -0.996. The summed E-state index contributed by atoms with van der Waals surface area (Å²) in [5, 5.41) is 10.8. The molecular formula is C23H29Cl2NO2Ti. The molecule has 6 heteroatoms. The molecule has 0 bridgehead atoms. The Morgan fingerprint density at radius 3 is 2.24 bits per heavy atom. The second-order valence-corrected chi connectivity index (χ2v) is 10.1. The molecule has 1 aliphatic rings. The van der Waals surface area contributed by atoms with E-state index in [-0.39, 0.29) is 0 Å². The summed E-state index contributed by atoms with van der Waals surface area (Å²) < 4.78 is 5.17. The van der Waals surface area contributed by atoms with Crippen LogP contribution in [0.1, 0.15) is 62.5 Å². The average Bonchev–Trinajstić information content (AvgIpc) is 2.71. The zero-order chi connectivity index (χ0) is 21.1. The van der Waals surface area contributed by atoms with Crippen LogP contribution >= 0.6 is 18.6 Å². The molecule has 0 atom stereocenters. The second-order valence-electron chi connectivity index (χ2n) is 7.48. The third-order valence-corrected chi connectivity index (χ3v) is 5.46. The van der Waals surface area contributed by atoms with Gasteiger partial charge in [-0.3, -0.25) is 4.99 Å². The first-order chi connectivity index (χ1) is 14.1. The molecule has 1 N–H and O–H groups in total. The van der Waals surface area contributed by atoms with E-state index >= 15 is 0 Å². The molecule has 0 unspecified atom stereocenters. The third-order valence-electron chi connectivity index (χ3n) is 5.46. The number of aromatic hydroxyl groups is 1. The first kappa shape index (κ1) is 24.3. The van der Waals surface area contributed by atoms with Gasteiger partial charge in [0.05, 0.1) is 12.8 Å². The van der Waals surface area contributed by atoms with E-state index in [1.807, 2.05) is 36.4 Å². The van der Waals surface area contributed by atoms with Crippen LogP contribution in [-0.2, 0) is 17.0 Å². The summed E-state index contributed by atoms with van der Waals surface area (Å²) in [6.07, 6.45) is 9.18. The molecule has 2 aromatic rings. The molecule has 1 saturated carbocycles. The minimum atomic E-state index is -0.556. The van der Waals surface area contributed by atoms with Crippen LogP contribution in [0.25, 0.3) is 0 Å². The summed E-state index contributed by atoms with van der Waals surface area (Å²) in [6, 6.07) is 13.6. The number of methoxy groups -OCH3 is 1. The number of nitrogens with zero attached hydrogens (tertiary/aromatic N) is 1. The Morgan fingerprint density at radius 1 is 1.03 bits per heavy atom. The van der Waals surface area contributed by atoms with Crippen LogP contribution in [0.15, 0.2) is 47.5 Å². The normalized spacial score (nSPS) is 19.6. The molecule has 0 saturated heterocycles. The molecule has 3 rings (SSSR count). The molecule has 1 fully saturated rings. The fourth-order valence-corrected chi connectivity index (χ4v) is 3.85. The van der Waals surface area contributed by atoms with Crippen LogP contribution < -0.4 is 4.74 Å². The van der Waals surface area contributed by atoms with Gasteiger partial charge in [0, 0.05) is 11.8 Å². The second kappa shape index (κ2) is 13.3. The van der Waals surface area contributed by atoms with Gasteiger partial charge in [-0.2, -0.15) is 0 Å². The van der Waals surface area contributed by atoms with E-state index in [4.69, 9.17) is 23.3 Å². The first-order valence-electron chi connectivity index (χ1n) is 10.0. The van der Waals surface area contributed by atoms with Gasteiger partial charge in [-0.15, -0.1) is 0 Å². The van der Waals surface area contributed by atoms with E-state index in [0.29, 0.717) is 11.7 Å². The van der Waals surface area contributed by atoms with Crippen molar-refractivity contribution in [1.29, 1.82) is 0 Å². The number of phenolic OH excluding ortho intramolecular Hbond substituents is 1. The van der Waals surface area contributed by atoms with Crippen LogP contribution in [0.2, 0.25) is 0 Å². The van der Waals surface area contributed by atoms with E-state index in [1.54, 1.807) is 13.3 Å². The van der Waals surface area contributed by atoms with E-state index in [1.165, 1.54) is 25.7 Å². The maximum absolute atomic E-state index is 10.8. The molecule has 0 amide bonds. The summed E-state index contributed by atoms with van der Waals surface area (Å²) in [5.74, 6) is 2.50. The third kappa shape index (κ3) is 7.98. The number of para-hydroxylation sites is 1. The van der Waals surface area contributed by atoms with E-state index in [2.05, 4.69) is 18.0 Å². The zero-order valence-corrected chi connectivity index (χ0v) is 20.1. The Kier molecular flexibility index (Phi) is 11.2. The van der Waals surface area contributed by atoms with Crippen molar-refractivity contribution in [2.24, 2.45) is 10.9 Å². The molecule has 29 heavy (non-hydrogen) atoms. The van der Waals surface area contributed by atoms with Crippen molar-refractivity contribution in [3.05, 3.63) is 53.6 Å². The number of hydrogen-bond acceptors (Lipinski definition) is 3. The number of halogens is 2. The quantitative estimate of drug-likeness (QED) is 0.369. The number of aliphatic imine (C=N–C) groups is 1. The first-order valence-corrected chi connectivity index (χ1v) is 14.3. The van der Waals surface area contributed by atoms with Crippen molar-refractivity contribution in [1.82, 2.24) is 0 Å². The predicted octanol–water partition coefficient (Wildman–Crippen LogP) is 7.60. The molecule has 1 aliphatic carbocycles. The van der Waals surface area contributed by atoms with E-state index < -0.39 is 17.0 Å². The Labute approximate surface area is 191 Å². The molecular weight excluding hydrogens is 441 g/mol. The Balaban J connectivity index is 0.000000941. The molecule has 0 radical (unpaired) electrons. The van der Waals surface area contributed by atoms with Gasteiger partial charge in [-0.1, -0.05) is 44.7 Å². The Morgan fingerprint density at radius 2 is 1.66 bits per heavy atom. The Bertz CT molecular complexity index is 758. The van der Waals surface area contributed by atoms with Gasteiger partial charge >= 0.3 is 35.6 Å². The molecule has 0 aromatic heterocycles. The van der Waals surface area contributed by atoms with Crippen LogP contribution in [-0.4, -0.2) is 18.4 Å². The van der Waals surface area contributed by atoms with Crippen molar-refractivity contribution < 1.29 is 26.9 Å². The zero-order valence-electron chi connectivity index (χ0n) is 17.1. The van der Waals surface area contributed by atoms with Gasteiger partial charge in [-0.05, 0) is 60.6 Å². The number of hydrogen-bond donors (Lipinski definition) is 1. The van der Waals surface area contributed by atoms with Gasteiger partial charge in [0.15, 0.2) is 0 Å². The summed E-state index contributed by atoms with van der Waals surface area (Å²) >= 11 is -0.556. The summed E-state index contributed by atoms with van der Waals surface area (Å²) in [6.45, 7) is 2.36. The number of benzene rings is 2. The van der Waals surface area contributed by atoms with Crippen molar-refractivity contribution in [2.75, 3.05) is 7.11 Å². The molecule has 0 spiro atoms. The minimum absolute atomic E-state index is 0.392. The van der Waals surface area contributed by atoms with E-state index in [9.17, 15) is 5.11 Å². The fraction of sp³-hybridized carbons (Fsp3) is 0.435. The van der Waals surface area contributed by atoms with Gasteiger partial charge in [0.1, 0.15) is 11.5 Å². The van der Waals surface area contributed by atoms with Gasteiger partial charge < -0.3 is 9.84 Å². The van der Waals surface area contributed by atoms with Gasteiger partial charge in [0.2, 0.25) is 0 Å². The number of ether oxygens (including phenoxy) is 1. The monoisotopic (exact) mass is 469 g/mol.